The second kappa shape index (κ2) is 15.6. The molecule has 10 heteroatoms. The predicted molar refractivity (Wildman–Crippen MR) is 168 cm³/mol. The Hall–Kier alpha value is -3.56. The van der Waals surface area contributed by atoms with Gasteiger partial charge in [-0.2, -0.15) is 0 Å². The van der Waals surface area contributed by atoms with Gasteiger partial charge in [0.15, 0.2) is 0 Å². The molecule has 0 aliphatic carbocycles. The van der Waals surface area contributed by atoms with Crippen molar-refractivity contribution in [3.63, 3.8) is 0 Å². The number of carbonyl (C=O) groups is 2. The van der Waals surface area contributed by atoms with E-state index in [1.54, 1.807) is 35.2 Å². The average Bonchev–Trinajstić information content (AvgIpc) is 2.97. The van der Waals surface area contributed by atoms with Crippen molar-refractivity contribution in [2.75, 3.05) is 24.2 Å². The van der Waals surface area contributed by atoms with Crippen molar-refractivity contribution in [1.82, 2.24) is 10.2 Å². The molecule has 3 aromatic carbocycles. The van der Waals surface area contributed by atoms with Gasteiger partial charge in [-0.05, 0) is 49.1 Å². The Labute approximate surface area is 254 Å². The van der Waals surface area contributed by atoms with E-state index in [0.717, 1.165) is 18.2 Å². The van der Waals surface area contributed by atoms with Crippen molar-refractivity contribution in [2.45, 2.75) is 58.2 Å². The van der Waals surface area contributed by atoms with Crippen LogP contribution < -0.4 is 14.4 Å². The van der Waals surface area contributed by atoms with Gasteiger partial charge >= 0.3 is 0 Å². The van der Waals surface area contributed by atoms with E-state index in [9.17, 15) is 18.0 Å². The average molecular weight is 614 g/mol. The maximum Gasteiger partial charge on any atom is 0.243 e. The Morgan fingerprint density at radius 2 is 1.62 bits per heavy atom. The monoisotopic (exact) mass is 613 g/mol. The number of hydrogen-bond donors (Lipinski definition) is 1. The van der Waals surface area contributed by atoms with Crippen molar-refractivity contribution in [3.8, 4) is 5.75 Å². The number of rotatable bonds is 15. The van der Waals surface area contributed by atoms with Crippen molar-refractivity contribution in [1.29, 1.82) is 0 Å². The van der Waals surface area contributed by atoms with Gasteiger partial charge in [-0.15, -0.1) is 0 Å². The number of hydrogen-bond acceptors (Lipinski definition) is 5. The molecule has 0 heterocycles. The van der Waals surface area contributed by atoms with Crippen LogP contribution in [0.5, 0.6) is 5.75 Å². The minimum Gasteiger partial charge on any atom is -0.495 e. The molecule has 0 unspecified atom stereocenters. The van der Waals surface area contributed by atoms with E-state index >= 15 is 0 Å². The third-order valence-corrected chi connectivity index (χ3v) is 8.63. The topological polar surface area (TPSA) is 96.0 Å². The number of methoxy groups -OCH3 is 1. The lowest BCUT2D eigenvalue weighted by Crippen LogP contribution is -2.52. The zero-order valence-electron chi connectivity index (χ0n) is 24.6. The quantitative estimate of drug-likeness (QED) is 0.246. The van der Waals surface area contributed by atoms with Crippen LogP contribution in [0, 0.1) is 0 Å². The highest BCUT2D eigenvalue weighted by Gasteiger charge is 2.31. The van der Waals surface area contributed by atoms with Crippen LogP contribution >= 0.6 is 11.6 Å². The molecule has 2 amide bonds. The van der Waals surface area contributed by atoms with Crippen molar-refractivity contribution in [2.24, 2.45) is 0 Å². The third kappa shape index (κ3) is 9.22. The first-order valence-electron chi connectivity index (χ1n) is 14.0. The van der Waals surface area contributed by atoms with Crippen LogP contribution in [0.4, 0.5) is 5.69 Å². The highest BCUT2D eigenvalue weighted by molar-refractivity contribution is 7.92. The summed E-state index contributed by atoms with van der Waals surface area (Å²) >= 11 is 6.49. The van der Waals surface area contributed by atoms with Crippen LogP contribution in [0.15, 0.2) is 78.9 Å². The molecule has 0 bridgehead atoms. The normalized spacial score (nSPS) is 12.7. The van der Waals surface area contributed by atoms with E-state index in [1.165, 1.54) is 11.4 Å². The van der Waals surface area contributed by atoms with Crippen LogP contribution in [0.25, 0.3) is 0 Å². The van der Waals surface area contributed by atoms with E-state index in [-0.39, 0.29) is 43.8 Å². The van der Waals surface area contributed by atoms with Crippen molar-refractivity contribution >= 4 is 39.1 Å². The van der Waals surface area contributed by atoms with E-state index in [4.69, 9.17) is 16.3 Å². The van der Waals surface area contributed by atoms with Gasteiger partial charge in [0.1, 0.15) is 11.8 Å². The molecule has 0 spiro atoms. The molecule has 42 heavy (non-hydrogen) atoms. The van der Waals surface area contributed by atoms with E-state index in [0.29, 0.717) is 28.4 Å². The zero-order valence-corrected chi connectivity index (χ0v) is 26.2. The maximum absolute atomic E-state index is 14.0. The molecule has 0 aliphatic rings. The molecule has 0 fully saturated rings. The molecule has 2 atom stereocenters. The van der Waals surface area contributed by atoms with Crippen LogP contribution in [-0.2, 0) is 32.6 Å². The first-order valence-corrected chi connectivity index (χ1v) is 16.3. The Kier molecular flexibility index (Phi) is 12.2. The molecule has 8 nitrogen and oxygen atoms in total. The lowest BCUT2D eigenvalue weighted by molar-refractivity contribution is -0.141. The minimum atomic E-state index is -3.66. The standard InChI is InChI=1S/C32H40ClN3O5S/c1-5-24(2)34-32(38)29(22-25-14-7-6-8-15-25)35(23-26-16-9-10-17-27(26)33)31(37)20-13-21-36(42(4,39)40)28-18-11-12-19-30(28)41-3/h6-12,14-19,24,29H,5,13,20-23H2,1-4H3,(H,34,38)/t24-,29-/m1/s1. The summed E-state index contributed by atoms with van der Waals surface area (Å²) in [5.74, 6) is -0.108. The van der Waals surface area contributed by atoms with E-state index in [2.05, 4.69) is 5.32 Å². The maximum atomic E-state index is 14.0. The van der Waals surface area contributed by atoms with Gasteiger partial charge in [-0.1, -0.05) is 79.2 Å². The first-order chi connectivity index (χ1) is 20.0. The summed E-state index contributed by atoms with van der Waals surface area (Å²) in [4.78, 5) is 29.2. The van der Waals surface area contributed by atoms with E-state index in [1.807, 2.05) is 62.4 Å². The Morgan fingerprint density at radius 3 is 2.26 bits per heavy atom. The molecule has 3 rings (SSSR count). The van der Waals surface area contributed by atoms with Gasteiger partial charge < -0.3 is 15.0 Å². The molecule has 0 saturated carbocycles. The number of amides is 2. The number of carbonyl (C=O) groups excluding carboxylic acids is 2. The van der Waals surface area contributed by atoms with Gasteiger partial charge in [0, 0.05) is 37.0 Å². The fraction of sp³-hybridized carbons (Fsp3) is 0.375. The lowest BCUT2D eigenvalue weighted by Gasteiger charge is -2.33. The van der Waals surface area contributed by atoms with Crippen LogP contribution in [0.3, 0.4) is 0 Å². The third-order valence-electron chi connectivity index (χ3n) is 7.08. The molecule has 0 aromatic heterocycles. The summed E-state index contributed by atoms with van der Waals surface area (Å²) in [6, 6.07) is 22.8. The predicted octanol–water partition coefficient (Wildman–Crippen LogP) is 5.45. The number of anilines is 1. The zero-order chi connectivity index (χ0) is 30.7. The largest absolute Gasteiger partial charge is 0.495 e. The van der Waals surface area contributed by atoms with Gasteiger partial charge in [0.2, 0.25) is 21.8 Å². The molecule has 0 saturated heterocycles. The molecule has 3 aromatic rings. The van der Waals surface area contributed by atoms with Crippen LogP contribution in [-0.4, -0.2) is 57.1 Å². The number of halogens is 1. The highest BCUT2D eigenvalue weighted by atomic mass is 35.5. The highest BCUT2D eigenvalue weighted by Crippen LogP contribution is 2.30. The van der Waals surface area contributed by atoms with Crippen molar-refractivity contribution in [3.05, 3.63) is 95.0 Å². The summed E-state index contributed by atoms with van der Waals surface area (Å²) < 4.78 is 32.1. The van der Waals surface area contributed by atoms with Crippen LogP contribution in [0.2, 0.25) is 5.02 Å². The second-order valence-electron chi connectivity index (χ2n) is 10.2. The molecule has 0 radical (unpaired) electrons. The summed E-state index contributed by atoms with van der Waals surface area (Å²) in [6.45, 7) is 4.11. The van der Waals surface area contributed by atoms with Crippen LogP contribution in [0.1, 0.15) is 44.2 Å². The molecular formula is C32H40ClN3O5S. The molecule has 226 valence electrons. The van der Waals surface area contributed by atoms with Gasteiger partial charge in [-0.3, -0.25) is 13.9 Å². The van der Waals surface area contributed by atoms with Gasteiger partial charge in [0.25, 0.3) is 0 Å². The van der Waals surface area contributed by atoms with E-state index < -0.39 is 16.1 Å². The summed E-state index contributed by atoms with van der Waals surface area (Å²) in [6.07, 6.45) is 2.43. The second-order valence-corrected chi connectivity index (χ2v) is 12.6. The summed E-state index contributed by atoms with van der Waals surface area (Å²) in [5.41, 5.74) is 2.03. The number of sulfonamides is 1. The number of ether oxygens (including phenoxy) is 1. The number of nitrogens with one attached hydrogen (secondary N) is 1. The Balaban J connectivity index is 1.91. The SMILES string of the molecule is CC[C@@H](C)NC(=O)[C@@H](Cc1ccccc1)N(Cc1ccccc1Cl)C(=O)CCCN(c1ccccc1OC)S(C)(=O)=O. The minimum absolute atomic E-state index is 0.0214. The summed E-state index contributed by atoms with van der Waals surface area (Å²) in [5, 5.41) is 3.54. The fourth-order valence-electron chi connectivity index (χ4n) is 4.62. The van der Waals surface area contributed by atoms with Crippen molar-refractivity contribution < 1.29 is 22.7 Å². The lowest BCUT2D eigenvalue weighted by atomic mass is 10.0. The Morgan fingerprint density at radius 1 is 0.976 bits per heavy atom. The molecule has 1 N–H and O–H groups in total. The number of nitrogens with zero attached hydrogens (tertiary/aromatic N) is 2. The number of para-hydroxylation sites is 2. The molecular weight excluding hydrogens is 574 g/mol. The summed E-state index contributed by atoms with van der Waals surface area (Å²) in [7, 11) is -2.18. The van der Waals surface area contributed by atoms with Gasteiger partial charge in [-0.25, -0.2) is 8.42 Å². The fourth-order valence-corrected chi connectivity index (χ4v) is 5.79. The first kappa shape index (κ1) is 32.9. The number of benzene rings is 3. The molecule has 0 aliphatic heterocycles. The smallest absolute Gasteiger partial charge is 0.243 e. The Bertz CT molecular complexity index is 1430. The van der Waals surface area contributed by atoms with Gasteiger partial charge in [0.05, 0.1) is 19.1 Å².